The number of aryl methyl sites for hydroxylation is 1. The Bertz CT molecular complexity index is 922. The van der Waals surface area contributed by atoms with Gasteiger partial charge in [-0.05, 0) is 47.5 Å². The Kier molecular flexibility index (Phi) is 6.18. The molecule has 0 aliphatic carbocycles. The third-order valence-corrected chi connectivity index (χ3v) is 5.77. The normalized spacial score (nSPS) is 16.9. The van der Waals surface area contributed by atoms with E-state index in [1.165, 1.54) is 0 Å². The van der Waals surface area contributed by atoms with E-state index in [1.807, 2.05) is 29.3 Å². The highest BCUT2D eigenvalue weighted by atomic mass is 32.1. The number of tetrazole rings is 1. The highest BCUT2D eigenvalue weighted by Crippen LogP contribution is 2.22. The maximum atomic E-state index is 12.6. The molecule has 29 heavy (non-hydrogen) atoms. The topological polar surface area (TPSA) is 99.2 Å². The van der Waals surface area contributed by atoms with Gasteiger partial charge in [-0.25, -0.2) is 0 Å². The molecule has 1 aliphatic heterocycles. The second-order valence-corrected chi connectivity index (χ2v) is 8.01. The third kappa shape index (κ3) is 5.00. The molecule has 0 aromatic carbocycles. The van der Waals surface area contributed by atoms with Crippen molar-refractivity contribution in [3.63, 3.8) is 0 Å². The van der Waals surface area contributed by atoms with Crippen molar-refractivity contribution in [2.75, 3.05) is 19.7 Å². The lowest BCUT2D eigenvalue weighted by atomic mass is 9.98. The number of carbonyl (C=O) groups is 1. The number of carbonyl (C=O) groups excluding carboxylic acids is 1. The Morgan fingerprint density at radius 2 is 2.38 bits per heavy atom. The molecule has 4 rings (SSSR count). The number of rotatable bonds is 8. The van der Waals surface area contributed by atoms with Crippen LogP contribution in [0.15, 0.2) is 28.1 Å². The molecule has 154 valence electrons. The fourth-order valence-electron chi connectivity index (χ4n) is 3.51. The predicted octanol–water partition coefficient (Wildman–Crippen LogP) is 2.66. The molecule has 1 saturated heterocycles. The van der Waals surface area contributed by atoms with Gasteiger partial charge in [-0.1, -0.05) is 6.07 Å². The summed E-state index contributed by atoms with van der Waals surface area (Å²) in [6.45, 7) is 4.61. The zero-order chi connectivity index (χ0) is 20.1. The van der Waals surface area contributed by atoms with Gasteiger partial charge in [-0.2, -0.15) is 4.80 Å². The SMILES string of the molecule is CCOc1cc(CCC(=O)N2CCC[C@@H](Cn3nnc(-c4cccs4)n3)C2)on1. The van der Waals surface area contributed by atoms with Crippen molar-refractivity contribution in [1.29, 1.82) is 0 Å². The second-order valence-electron chi connectivity index (χ2n) is 7.06. The van der Waals surface area contributed by atoms with E-state index >= 15 is 0 Å². The summed E-state index contributed by atoms with van der Waals surface area (Å²) in [5.74, 6) is 2.25. The fourth-order valence-corrected chi connectivity index (χ4v) is 4.16. The molecule has 4 heterocycles. The molecule has 10 heteroatoms. The summed E-state index contributed by atoms with van der Waals surface area (Å²) in [6, 6.07) is 5.71. The van der Waals surface area contributed by atoms with Crippen LogP contribution in [0, 0.1) is 5.92 Å². The van der Waals surface area contributed by atoms with Gasteiger partial charge in [0.25, 0.3) is 5.88 Å². The van der Waals surface area contributed by atoms with Crippen LogP contribution < -0.4 is 4.74 Å². The molecule has 3 aromatic rings. The molecule has 0 radical (unpaired) electrons. The zero-order valence-electron chi connectivity index (χ0n) is 16.4. The molecule has 0 bridgehead atoms. The lowest BCUT2D eigenvalue weighted by Crippen LogP contribution is -2.41. The second kappa shape index (κ2) is 9.17. The van der Waals surface area contributed by atoms with Gasteiger partial charge >= 0.3 is 0 Å². The first kappa shape index (κ1) is 19.6. The van der Waals surface area contributed by atoms with Gasteiger partial charge < -0.3 is 14.2 Å². The number of piperidine rings is 1. The largest absolute Gasteiger partial charge is 0.476 e. The summed E-state index contributed by atoms with van der Waals surface area (Å²) >= 11 is 1.60. The van der Waals surface area contributed by atoms with Crippen molar-refractivity contribution in [1.82, 2.24) is 30.3 Å². The molecule has 1 amide bonds. The quantitative estimate of drug-likeness (QED) is 0.556. The summed E-state index contributed by atoms with van der Waals surface area (Å²) in [7, 11) is 0. The lowest BCUT2D eigenvalue weighted by Gasteiger charge is -2.32. The van der Waals surface area contributed by atoms with Crippen LogP contribution in [0.3, 0.4) is 0 Å². The molecule has 9 nitrogen and oxygen atoms in total. The summed E-state index contributed by atoms with van der Waals surface area (Å²) in [4.78, 5) is 17.2. The third-order valence-electron chi connectivity index (χ3n) is 4.90. The minimum absolute atomic E-state index is 0.134. The van der Waals surface area contributed by atoms with E-state index in [0.29, 0.717) is 49.4 Å². The molecular weight excluding hydrogens is 392 g/mol. The molecule has 1 fully saturated rings. The van der Waals surface area contributed by atoms with E-state index in [4.69, 9.17) is 9.26 Å². The van der Waals surface area contributed by atoms with Crippen LogP contribution in [0.25, 0.3) is 10.7 Å². The minimum atomic E-state index is 0.134. The van der Waals surface area contributed by atoms with Crippen LogP contribution >= 0.6 is 11.3 Å². The Balaban J connectivity index is 1.28. The smallest absolute Gasteiger partial charge is 0.254 e. The number of hydrogen-bond acceptors (Lipinski definition) is 8. The van der Waals surface area contributed by atoms with Crippen molar-refractivity contribution >= 4 is 17.2 Å². The lowest BCUT2D eigenvalue weighted by molar-refractivity contribution is -0.133. The molecule has 1 atom stereocenters. The Hall–Kier alpha value is -2.75. The summed E-state index contributed by atoms with van der Waals surface area (Å²) in [5.41, 5.74) is 0. The molecule has 0 unspecified atom stereocenters. The highest BCUT2D eigenvalue weighted by Gasteiger charge is 2.25. The number of likely N-dealkylation sites (tertiary alicyclic amines) is 1. The van der Waals surface area contributed by atoms with Gasteiger partial charge in [-0.15, -0.1) is 21.5 Å². The Labute approximate surface area is 172 Å². The molecule has 0 spiro atoms. The molecule has 3 aromatic heterocycles. The van der Waals surface area contributed by atoms with Crippen molar-refractivity contribution in [3.8, 4) is 16.6 Å². The number of hydrogen-bond donors (Lipinski definition) is 0. The van der Waals surface area contributed by atoms with Crippen molar-refractivity contribution in [2.45, 2.75) is 39.2 Å². The van der Waals surface area contributed by atoms with E-state index in [0.717, 1.165) is 30.8 Å². The molecule has 1 aliphatic rings. The first-order valence-electron chi connectivity index (χ1n) is 9.89. The minimum Gasteiger partial charge on any atom is -0.476 e. The van der Waals surface area contributed by atoms with Crippen molar-refractivity contribution in [2.24, 2.45) is 5.92 Å². The van der Waals surface area contributed by atoms with Gasteiger partial charge in [0.2, 0.25) is 11.7 Å². The van der Waals surface area contributed by atoms with Crippen molar-refractivity contribution in [3.05, 3.63) is 29.3 Å². The number of aromatic nitrogens is 5. The fraction of sp³-hybridized carbons (Fsp3) is 0.526. The average molecular weight is 417 g/mol. The number of ether oxygens (including phenoxy) is 1. The standard InChI is InChI=1S/C19H24N6O3S/c1-2-27-17-11-15(28-22-17)7-8-18(26)24-9-3-5-14(12-24)13-25-21-19(20-23-25)16-6-4-10-29-16/h4,6,10-11,14H,2-3,5,7-9,12-13H2,1H3/t14-/m1/s1. The maximum absolute atomic E-state index is 12.6. The zero-order valence-corrected chi connectivity index (χ0v) is 17.2. The summed E-state index contributed by atoms with van der Waals surface area (Å²) in [5, 5.41) is 18.6. The number of nitrogens with zero attached hydrogens (tertiary/aromatic N) is 6. The molecule has 0 N–H and O–H groups in total. The predicted molar refractivity (Wildman–Crippen MR) is 106 cm³/mol. The Morgan fingerprint density at radius 1 is 1.45 bits per heavy atom. The van der Waals surface area contributed by atoms with E-state index in [2.05, 4.69) is 20.6 Å². The van der Waals surface area contributed by atoms with Crippen LogP contribution in [-0.4, -0.2) is 55.9 Å². The molecule has 0 saturated carbocycles. The monoisotopic (exact) mass is 416 g/mol. The van der Waals surface area contributed by atoms with E-state index in [-0.39, 0.29) is 5.91 Å². The van der Waals surface area contributed by atoms with Crippen LogP contribution in [0.2, 0.25) is 0 Å². The van der Waals surface area contributed by atoms with Crippen LogP contribution in [0.5, 0.6) is 5.88 Å². The van der Waals surface area contributed by atoms with Gasteiger partial charge in [0, 0.05) is 32.0 Å². The summed E-state index contributed by atoms with van der Waals surface area (Å²) in [6.07, 6.45) is 2.96. The molecular formula is C19H24N6O3S. The maximum Gasteiger partial charge on any atom is 0.254 e. The van der Waals surface area contributed by atoms with Gasteiger partial charge in [-0.3, -0.25) is 4.79 Å². The van der Waals surface area contributed by atoms with Gasteiger partial charge in [0.1, 0.15) is 5.76 Å². The van der Waals surface area contributed by atoms with E-state index < -0.39 is 0 Å². The number of thiophene rings is 1. The van der Waals surface area contributed by atoms with Crippen LogP contribution in [0.1, 0.15) is 31.9 Å². The average Bonchev–Trinajstić information content (AvgIpc) is 3.48. The van der Waals surface area contributed by atoms with E-state index in [1.54, 1.807) is 22.2 Å². The Morgan fingerprint density at radius 3 is 3.21 bits per heavy atom. The van der Waals surface area contributed by atoms with E-state index in [9.17, 15) is 4.79 Å². The van der Waals surface area contributed by atoms with Gasteiger partial charge in [0.15, 0.2) is 0 Å². The summed E-state index contributed by atoms with van der Waals surface area (Å²) < 4.78 is 10.5. The van der Waals surface area contributed by atoms with Crippen LogP contribution in [0.4, 0.5) is 0 Å². The van der Waals surface area contributed by atoms with Gasteiger partial charge in [0.05, 0.1) is 18.0 Å². The van der Waals surface area contributed by atoms with Crippen LogP contribution in [-0.2, 0) is 17.8 Å². The highest BCUT2D eigenvalue weighted by molar-refractivity contribution is 7.13. The number of amides is 1. The first-order chi connectivity index (χ1) is 14.2. The first-order valence-corrected chi connectivity index (χ1v) is 10.8. The van der Waals surface area contributed by atoms with Crippen molar-refractivity contribution < 1.29 is 14.1 Å².